The number of rotatable bonds is 8. The molecule has 0 saturated carbocycles. The van der Waals surface area contributed by atoms with Crippen molar-refractivity contribution in [1.29, 1.82) is 0 Å². The van der Waals surface area contributed by atoms with E-state index in [1.165, 1.54) is 21.5 Å². The lowest BCUT2D eigenvalue weighted by Gasteiger charge is -2.13. The van der Waals surface area contributed by atoms with Crippen molar-refractivity contribution < 1.29 is 10.0 Å². The number of benzene rings is 12. The zero-order chi connectivity index (χ0) is 55.9. The van der Waals surface area contributed by atoms with Gasteiger partial charge in [-0.15, -0.1) is 0 Å². The van der Waals surface area contributed by atoms with Crippen molar-refractivity contribution in [1.82, 2.24) is 29.9 Å². The molecular weight excluding hydrogens is 1120 g/mol. The van der Waals surface area contributed by atoms with E-state index >= 15 is 0 Å². The third-order valence-electron chi connectivity index (χ3n) is 13.8. The molecule has 12 heteroatoms. The molecule has 0 amide bonds. The van der Waals surface area contributed by atoms with Gasteiger partial charge in [-0.1, -0.05) is 264 Å². The van der Waals surface area contributed by atoms with Crippen molar-refractivity contribution in [2.45, 2.75) is 0 Å². The van der Waals surface area contributed by atoms with Gasteiger partial charge in [0.15, 0.2) is 34.9 Å². The van der Waals surface area contributed by atoms with Crippen molar-refractivity contribution in [2.75, 3.05) is 0 Å². The molecule has 392 valence electrons. The van der Waals surface area contributed by atoms with E-state index in [0.717, 1.165) is 70.5 Å². The number of halogens is 3. The van der Waals surface area contributed by atoms with E-state index in [2.05, 4.69) is 91.5 Å². The maximum atomic E-state index is 9.44. The van der Waals surface area contributed by atoms with E-state index in [1.54, 1.807) is 0 Å². The van der Waals surface area contributed by atoms with E-state index < -0.39 is 7.12 Å². The largest absolute Gasteiger partial charge is 0.489 e. The summed E-state index contributed by atoms with van der Waals surface area (Å²) in [6.45, 7) is 0. The van der Waals surface area contributed by atoms with Crippen LogP contribution in [0.3, 0.4) is 0 Å². The normalized spacial score (nSPS) is 11.0. The summed E-state index contributed by atoms with van der Waals surface area (Å²) >= 11 is 16.5. The van der Waals surface area contributed by atoms with Gasteiger partial charge in [-0.3, -0.25) is 0 Å². The number of fused-ring (bicyclic) bond motifs is 6. The first kappa shape index (κ1) is 53.4. The van der Waals surface area contributed by atoms with Crippen LogP contribution < -0.4 is 5.46 Å². The van der Waals surface area contributed by atoms with Crippen LogP contribution in [0.5, 0.6) is 0 Å². The highest BCUT2D eigenvalue weighted by atomic mass is 79.9. The number of nitrogens with zero attached hydrogens (tertiary/aromatic N) is 6. The van der Waals surface area contributed by atoms with Gasteiger partial charge < -0.3 is 10.0 Å². The summed E-state index contributed by atoms with van der Waals surface area (Å²) in [7, 11) is -1.44. The minimum Gasteiger partial charge on any atom is -0.423 e. The second kappa shape index (κ2) is 24.2. The van der Waals surface area contributed by atoms with E-state index in [-0.39, 0.29) is 0 Å². The molecule has 0 aliphatic carbocycles. The van der Waals surface area contributed by atoms with E-state index in [1.807, 2.05) is 206 Å². The minimum absolute atomic E-state index is 0.555. The Morgan fingerprint density at radius 2 is 0.598 bits per heavy atom. The fraction of sp³-hybridized carbons (Fsp3) is 0. The van der Waals surface area contributed by atoms with Gasteiger partial charge in [-0.2, -0.15) is 0 Å². The van der Waals surface area contributed by atoms with Crippen molar-refractivity contribution in [3.05, 3.63) is 281 Å². The molecule has 0 radical (unpaired) electrons. The van der Waals surface area contributed by atoms with Gasteiger partial charge in [0.1, 0.15) is 0 Å². The molecule has 8 nitrogen and oxygen atoms in total. The molecule has 0 aliphatic rings. The van der Waals surface area contributed by atoms with Gasteiger partial charge >= 0.3 is 7.12 Å². The lowest BCUT2D eigenvalue weighted by Crippen LogP contribution is -2.30. The van der Waals surface area contributed by atoms with Gasteiger partial charge in [0.25, 0.3) is 0 Å². The molecule has 0 saturated heterocycles. The average molecular weight is 1160 g/mol. The first-order valence-electron chi connectivity index (χ1n) is 26.4. The molecule has 0 spiro atoms. The molecule has 0 atom stereocenters. The highest BCUT2D eigenvalue weighted by molar-refractivity contribution is 9.10. The maximum Gasteiger partial charge on any atom is 0.489 e. The molecule has 0 bridgehead atoms. The molecule has 14 rings (SSSR count). The first-order valence-corrected chi connectivity index (χ1v) is 27.9. The van der Waals surface area contributed by atoms with Crippen LogP contribution in [0.2, 0.25) is 10.0 Å². The molecule has 14 aromatic rings. The van der Waals surface area contributed by atoms with Crippen LogP contribution in [0, 0.1) is 0 Å². The topological polar surface area (TPSA) is 118 Å². The number of hydrogen-bond acceptors (Lipinski definition) is 8. The van der Waals surface area contributed by atoms with Crippen LogP contribution in [0.4, 0.5) is 0 Å². The third kappa shape index (κ3) is 11.8. The van der Waals surface area contributed by atoms with Gasteiger partial charge in [0, 0.05) is 47.9 Å². The molecular formula is C70H46BBrCl2N6O2. The first-order chi connectivity index (χ1) is 40.2. The lowest BCUT2D eigenvalue weighted by atomic mass is 9.76. The quantitative estimate of drug-likeness (QED) is 0.114. The summed E-state index contributed by atoms with van der Waals surface area (Å²) < 4.78 is 0.878. The monoisotopic (exact) mass is 1160 g/mol. The highest BCUT2D eigenvalue weighted by Gasteiger charge is 2.18. The van der Waals surface area contributed by atoms with Gasteiger partial charge in [0.2, 0.25) is 0 Å². The summed E-state index contributed by atoms with van der Waals surface area (Å²) in [5, 5.41) is 29.0. The average Bonchev–Trinajstić information content (AvgIpc) is 3.62. The van der Waals surface area contributed by atoms with Crippen LogP contribution in [0.25, 0.3) is 123 Å². The Balaban J connectivity index is 0.000000133. The fourth-order valence-electron chi connectivity index (χ4n) is 10.0. The van der Waals surface area contributed by atoms with Crippen LogP contribution in [0.15, 0.2) is 271 Å². The molecule has 0 unspecified atom stereocenters. The Kier molecular flexibility index (Phi) is 15.8. The number of hydrogen-bond donors (Lipinski definition) is 2. The van der Waals surface area contributed by atoms with Crippen molar-refractivity contribution in [2.24, 2.45) is 0 Å². The molecule has 82 heavy (non-hydrogen) atoms. The van der Waals surface area contributed by atoms with Crippen LogP contribution >= 0.6 is 39.1 Å². The van der Waals surface area contributed by atoms with Crippen molar-refractivity contribution >= 4 is 94.8 Å². The molecule has 0 aliphatic heterocycles. The maximum absolute atomic E-state index is 9.44. The Morgan fingerprint density at radius 1 is 0.280 bits per heavy atom. The fourth-order valence-corrected chi connectivity index (χ4v) is 11.1. The summed E-state index contributed by atoms with van der Waals surface area (Å²) in [6.07, 6.45) is 0. The standard InChI is InChI=1S/C35H22ClN3.C21H13BrClN3.C14H11BO2/c36-28-20-26(32-22-25-15-7-8-16-29(25)30-17-9-10-18-31(30)32)19-27(21-28)35-38-33(23-11-3-1-4-12-23)37-34(39-35)24-13-5-2-6-14-24;22-17-11-16(12-18(23)13-17)21-25-19(14-7-3-1-4-8-14)24-20(26-21)15-9-5-2-6-10-15;16-15(17)14-9-10-5-1-2-6-11(10)12-7-3-4-8-13(12)14/h1-22H;1-13H;1-9,16-17H. The SMILES string of the molecule is Clc1cc(-c2nc(-c3ccccc3)nc(-c3ccccc3)n2)cc(-c2cc3ccccc3c3ccccc23)c1.Clc1cc(Br)cc(-c2nc(-c3ccccc3)nc(-c3ccccc3)n2)c1.OB(O)c1cc2ccccc2c2ccccc12. The van der Waals surface area contributed by atoms with Gasteiger partial charge in [-0.25, -0.2) is 29.9 Å². The van der Waals surface area contributed by atoms with E-state index in [4.69, 9.17) is 38.2 Å². The summed E-state index contributed by atoms with van der Waals surface area (Å²) in [5.74, 6) is 3.67. The molecule has 0 fully saturated rings. The second-order valence-corrected chi connectivity index (χ2v) is 21.0. The predicted octanol–water partition coefficient (Wildman–Crippen LogP) is 17.5. The zero-order valence-electron chi connectivity index (χ0n) is 43.7. The molecule has 2 heterocycles. The Bertz CT molecular complexity index is 4470. The van der Waals surface area contributed by atoms with Gasteiger partial charge in [0.05, 0.1) is 0 Å². The van der Waals surface area contributed by atoms with E-state index in [0.29, 0.717) is 50.5 Å². The Labute approximate surface area is 492 Å². The lowest BCUT2D eigenvalue weighted by molar-refractivity contribution is 0.426. The van der Waals surface area contributed by atoms with Crippen molar-refractivity contribution in [3.63, 3.8) is 0 Å². The summed E-state index contributed by atoms with van der Waals surface area (Å²) in [4.78, 5) is 28.7. The Morgan fingerprint density at radius 3 is 1.02 bits per heavy atom. The molecule has 2 N–H and O–H groups in total. The highest BCUT2D eigenvalue weighted by Crippen LogP contribution is 2.38. The molecule has 12 aromatic carbocycles. The molecule has 2 aromatic heterocycles. The van der Waals surface area contributed by atoms with E-state index in [9.17, 15) is 10.0 Å². The van der Waals surface area contributed by atoms with Crippen LogP contribution in [0.1, 0.15) is 0 Å². The second-order valence-electron chi connectivity index (χ2n) is 19.3. The number of aromatic nitrogens is 6. The zero-order valence-corrected chi connectivity index (χ0v) is 46.8. The predicted molar refractivity (Wildman–Crippen MR) is 342 cm³/mol. The van der Waals surface area contributed by atoms with Crippen LogP contribution in [-0.2, 0) is 0 Å². The van der Waals surface area contributed by atoms with Crippen LogP contribution in [-0.4, -0.2) is 47.1 Å². The third-order valence-corrected chi connectivity index (χ3v) is 14.7. The minimum atomic E-state index is -1.44. The van der Waals surface area contributed by atoms with Gasteiger partial charge in [-0.05, 0) is 102 Å². The Hall–Kier alpha value is -9.26. The summed E-state index contributed by atoms with van der Waals surface area (Å²) in [5.41, 5.74) is 8.11. The summed E-state index contributed by atoms with van der Waals surface area (Å²) in [6, 6.07) is 88.3. The smallest absolute Gasteiger partial charge is 0.423 e. The van der Waals surface area contributed by atoms with Crippen molar-refractivity contribution in [3.8, 4) is 79.5 Å².